The largest absolute Gasteiger partial charge is 0.397 e. The summed E-state index contributed by atoms with van der Waals surface area (Å²) in [6, 6.07) is 2.34. The van der Waals surface area contributed by atoms with Crippen molar-refractivity contribution in [1.29, 1.82) is 0 Å². The third kappa shape index (κ3) is 2.87. The van der Waals surface area contributed by atoms with Gasteiger partial charge in [-0.2, -0.15) is 0 Å². The van der Waals surface area contributed by atoms with E-state index in [-0.39, 0.29) is 5.69 Å². The van der Waals surface area contributed by atoms with Crippen LogP contribution in [0.3, 0.4) is 0 Å². The second kappa shape index (κ2) is 5.42. The Labute approximate surface area is 125 Å². The first-order chi connectivity index (χ1) is 8.90. The van der Waals surface area contributed by atoms with Crippen LogP contribution in [0.5, 0.6) is 0 Å². The Morgan fingerprint density at radius 2 is 1.79 bits per heavy atom. The molecule has 2 aromatic rings. The van der Waals surface area contributed by atoms with Crippen molar-refractivity contribution in [2.75, 3.05) is 11.1 Å². The SMILES string of the molecule is Cc1c(N)cnc(Nc2c(F)cc(Br)cc2F)c1Br. The second-order valence-electron chi connectivity index (χ2n) is 3.87. The highest BCUT2D eigenvalue weighted by Crippen LogP contribution is 2.32. The molecule has 3 nitrogen and oxygen atoms in total. The lowest BCUT2D eigenvalue weighted by atomic mass is 10.2. The van der Waals surface area contributed by atoms with Crippen molar-refractivity contribution in [2.24, 2.45) is 0 Å². The van der Waals surface area contributed by atoms with Crippen LogP contribution in [0.1, 0.15) is 5.56 Å². The Morgan fingerprint density at radius 3 is 2.37 bits per heavy atom. The Bertz CT molecular complexity index is 624. The van der Waals surface area contributed by atoms with Crippen LogP contribution in [0, 0.1) is 18.6 Å². The molecule has 0 saturated heterocycles. The fourth-order valence-corrected chi connectivity index (χ4v) is 2.29. The average Bonchev–Trinajstić information content (AvgIpc) is 2.33. The van der Waals surface area contributed by atoms with E-state index in [0.717, 1.165) is 5.56 Å². The number of rotatable bonds is 2. The van der Waals surface area contributed by atoms with Crippen LogP contribution in [0.4, 0.5) is 26.0 Å². The van der Waals surface area contributed by atoms with Crippen LogP contribution < -0.4 is 11.1 Å². The minimum atomic E-state index is -0.713. The zero-order valence-electron chi connectivity index (χ0n) is 9.77. The van der Waals surface area contributed by atoms with Gasteiger partial charge in [0.25, 0.3) is 0 Å². The Kier molecular flexibility index (Phi) is 4.05. The number of nitrogens with one attached hydrogen (secondary N) is 1. The van der Waals surface area contributed by atoms with Crippen LogP contribution in [0.15, 0.2) is 27.3 Å². The molecule has 0 aliphatic carbocycles. The summed E-state index contributed by atoms with van der Waals surface area (Å²) < 4.78 is 28.3. The number of aromatic nitrogens is 1. The van der Waals surface area contributed by atoms with Crippen LogP contribution in [-0.4, -0.2) is 4.98 Å². The molecule has 3 N–H and O–H groups in total. The summed E-state index contributed by atoms with van der Waals surface area (Å²) in [6.07, 6.45) is 1.43. The molecule has 1 aromatic heterocycles. The van der Waals surface area contributed by atoms with Crippen molar-refractivity contribution in [2.45, 2.75) is 6.92 Å². The Morgan fingerprint density at radius 1 is 1.21 bits per heavy atom. The normalized spacial score (nSPS) is 10.6. The maximum absolute atomic E-state index is 13.7. The summed E-state index contributed by atoms with van der Waals surface area (Å²) in [7, 11) is 0. The van der Waals surface area contributed by atoms with Gasteiger partial charge in [0.2, 0.25) is 0 Å². The van der Waals surface area contributed by atoms with Crippen LogP contribution in [0.25, 0.3) is 0 Å². The predicted molar refractivity (Wildman–Crippen MR) is 78.4 cm³/mol. The van der Waals surface area contributed by atoms with E-state index in [2.05, 4.69) is 42.2 Å². The second-order valence-corrected chi connectivity index (χ2v) is 5.58. The molecule has 1 heterocycles. The summed E-state index contributed by atoms with van der Waals surface area (Å²) >= 11 is 6.31. The lowest BCUT2D eigenvalue weighted by molar-refractivity contribution is 0.589. The molecule has 0 bridgehead atoms. The maximum Gasteiger partial charge on any atom is 0.150 e. The number of hydrogen-bond donors (Lipinski definition) is 2. The first-order valence-electron chi connectivity index (χ1n) is 5.22. The number of nitrogens with two attached hydrogens (primary N) is 1. The van der Waals surface area contributed by atoms with Gasteiger partial charge in [-0.25, -0.2) is 13.8 Å². The lowest BCUT2D eigenvalue weighted by Gasteiger charge is -2.12. The Hall–Kier alpha value is -1.21. The van der Waals surface area contributed by atoms with Crippen molar-refractivity contribution < 1.29 is 8.78 Å². The summed E-state index contributed by atoms with van der Waals surface area (Å²) in [5.41, 5.74) is 6.66. The molecular weight excluding hydrogens is 384 g/mol. The molecule has 0 fully saturated rings. The van der Waals surface area contributed by atoms with E-state index in [0.29, 0.717) is 20.5 Å². The quantitative estimate of drug-likeness (QED) is 0.789. The first-order valence-corrected chi connectivity index (χ1v) is 6.81. The number of nitrogens with zero attached hydrogens (tertiary/aromatic N) is 1. The minimum Gasteiger partial charge on any atom is -0.397 e. The summed E-state index contributed by atoms with van der Waals surface area (Å²) in [4.78, 5) is 4.01. The van der Waals surface area contributed by atoms with E-state index in [1.165, 1.54) is 18.3 Å². The molecule has 19 heavy (non-hydrogen) atoms. The summed E-state index contributed by atoms with van der Waals surface area (Å²) in [5.74, 6) is -1.13. The standard InChI is InChI=1S/C12H9Br2F2N3/c1-5-9(17)4-18-12(10(5)14)19-11-7(15)2-6(13)3-8(11)16/h2-4H,17H2,1H3,(H,18,19). The molecule has 0 spiro atoms. The average molecular weight is 393 g/mol. The third-order valence-electron chi connectivity index (χ3n) is 2.55. The molecule has 100 valence electrons. The van der Waals surface area contributed by atoms with Gasteiger partial charge in [-0.3, -0.25) is 0 Å². The van der Waals surface area contributed by atoms with E-state index in [1.54, 1.807) is 6.92 Å². The molecule has 7 heteroatoms. The molecule has 0 aliphatic rings. The first kappa shape index (κ1) is 14.2. The van der Waals surface area contributed by atoms with Crippen molar-refractivity contribution in [3.8, 4) is 0 Å². The van der Waals surface area contributed by atoms with Crippen molar-refractivity contribution in [1.82, 2.24) is 4.98 Å². The van der Waals surface area contributed by atoms with Gasteiger partial charge in [0.15, 0.2) is 11.6 Å². The predicted octanol–water partition coefficient (Wildman–Crippen LogP) is 4.52. The molecule has 0 radical (unpaired) electrons. The Balaban J connectivity index is 2.45. The van der Waals surface area contributed by atoms with Crippen molar-refractivity contribution >= 4 is 49.1 Å². The minimum absolute atomic E-state index is 0.263. The highest BCUT2D eigenvalue weighted by atomic mass is 79.9. The van der Waals surface area contributed by atoms with E-state index >= 15 is 0 Å². The molecule has 0 unspecified atom stereocenters. The van der Waals surface area contributed by atoms with Gasteiger partial charge in [0, 0.05) is 4.47 Å². The highest BCUT2D eigenvalue weighted by molar-refractivity contribution is 9.11. The maximum atomic E-state index is 13.7. The topological polar surface area (TPSA) is 50.9 Å². The molecular formula is C12H9Br2F2N3. The van der Waals surface area contributed by atoms with Gasteiger partial charge in [0.05, 0.1) is 16.4 Å². The fraction of sp³-hybridized carbons (Fsp3) is 0.0833. The molecule has 0 amide bonds. The molecule has 0 aliphatic heterocycles. The molecule has 0 atom stereocenters. The van der Waals surface area contributed by atoms with E-state index in [4.69, 9.17) is 5.73 Å². The number of anilines is 3. The third-order valence-corrected chi connectivity index (χ3v) is 3.98. The van der Waals surface area contributed by atoms with Crippen LogP contribution in [0.2, 0.25) is 0 Å². The van der Waals surface area contributed by atoms with Crippen LogP contribution >= 0.6 is 31.9 Å². The van der Waals surface area contributed by atoms with Gasteiger partial charge in [-0.05, 0) is 40.5 Å². The zero-order chi connectivity index (χ0) is 14.2. The monoisotopic (exact) mass is 391 g/mol. The highest BCUT2D eigenvalue weighted by Gasteiger charge is 2.14. The van der Waals surface area contributed by atoms with E-state index in [9.17, 15) is 8.78 Å². The van der Waals surface area contributed by atoms with Gasteiger partial charge >= 0.3 is 0 Å². The smallest absolute Gasteiger partial charge is 0.150 e. The zero-order valence-corrected chi connectivity index (χ0v) is 12.9. The lowest BCUT2D eigenvalue weighted by Crippen LogP contribution is -2.03. The van der Waals surface area contributed by atoms with Crippen molar-refractivity contribution in [3.63, 3.8) is 0 Å². The fourth-order valence-electron chi connectivity index (χ4n) is 1.46. The van der Waals surface area contributed by atoms with Crippen LogP contribution in [-0.2, 0) is 0 Å². The number of benzene rings is 1. The van der Waals surface area contributed by atoms with Gasteiger partial charge in [0.1, 0.15) is 11.5 Å². The van der Waals surface area contributed by atoms with E-state index in [1.807, 2.05) is 0 Å². The molecule has 2 rings (SSSR count). The van der Waals surface area contributed by atoms with Gasteiger partial charge in [-0.15, -0.1) is 0 Å². The number of pyridine rings is 1. The van der Waals surface area contributed by atoms with Crippen molar-refractivity contribution in [3.05, 3.63) is 44.5 Å². The number of halogens is 4. The number of hydrogen-bond acceptors (Lipinski definition) is 3. The summed E-state index contributed by atoms with van der Waals surface area (Å²) in [5, 5.41) is 2.62. The van der Waals surface area contributed by atoms with E-state index < -0.39 is 11.6 Å². The number of nitrogen functional groups attached to an aromatic ring is 1. The summed E-state index contributed by atoms with van der Waals surface area (Å²) in [6.45, 7) is 1.78. The molecule has 1 aromatic carbocycles. The van der Waals surface area contributed by atoms with Gasteiger partial charge < -0.3 is 11.1 Å². The molecule has 0 saturated carbocycles. The van der Waals surface area contributed by atoms with Gasteiger partial charge in [-0.1, -0.05) is 15.9 Å².